The van der Waals surface area contributed by atoms with Crippen molar-refractivity contribution in [2.24, 2.45) is 0 Å². The number of ether oxygens (including phenoxy) is 2. The van der Waals surface area contributed by atoms with Crippen molar-refractivity contribution in [3.8, 4) is 11.5 Å². The van der Waals surface area contributed by atoms with Gasteiger partial charge in [0.15, 0.2) is 23.2 Å². The van der Waals surface area contributed by atoms with Crippen molar-refractivity contribution in [1.82, 2.24) is 0 Å². The molecule has 0 aliphatic rings. The zero-order valence-electron chi connectivity index (χ0n) is 13.5. The van der Waals surface area contributed by atoms with Crippen LogP contribution in [0.2, 0.25) is 0 Å². The highest BCUT2D eigenvalue weighted by atomic mass is 19.2. The van der Waals surface area contributed by atoms with E-state index in [0.29, 0.717) is 5.39 Å². The molecule has 0 saturated heterocycles. The Balaban J connectivity index is 1.83. The molecule has 0 unspecified atom stereocenters. The highest BCUT2D eigenvalue weighted by Crippen LogP contribution is 2.25. The third-order valence-electron chi connectivity index (χ3n) is 3.62. The molecule has 3 aromatic rings. The standard InChI is InChI=1S/C20H13F3O3/c1-2-9-25-14-5-8-18(17(22)11-14)26-20(24)13-3-6-15-12(10-13)4-7-16(21)19(15)23/h2-8,10-11H,1,9H2. The van der Waals surface area contributed by atoms with Crippen molar-refractivity contribution in [3.63, 3.8) is 0 Å². The van der Waals surface area contributed by atoms with Gasteiger partial charge in [-0.05, 0) is 35.7 Å². The second kappa shape index (κ2) is 7.31. The van der Waals surface area contributed by atoms with Crippen LogP contribution in [0.3, 0.4) is 0 Å². The van der Waals surface area contributed by atoms with E-state index in [1.165, 1.54) is 42.5 Å². The Labute approximate surface area is 147 Å². The molecule has 3 aromatic carbocycles. The quantitative estimate of drug-likeness (QED) is 0.364. The number of hydrogen-bond acceptors (Lipinski definition) is 3. The number of benzene rings is 3. The molecule has 0 atom stereocenters. The van der Waals surface area contributed by atoms with Gasteiger partial charge in [-0.25, -0.2) is 18.0 Å². The van der Waals surface area contributed by atoms with Crippen molar-refractivity contribution >= 4 is 16.7 Å². The van der Waals surface area contributed by atoms with Crippen LogP contribution >= 0.6 is 0 Å². The lowest BCUT2D eigenvalue weighted by Gasteiger charge is -2.09. The smallest absolute Gasteiger partial charge is 0.343 e. The average Bonchev–Trinajstić information content (AvgIpc) is 2.64. The Hall–Kier alpha value is -3.28. The molecule has 0 spiro atoms. The first kappa shape index (κ1) is 17.5. The lowest BCUT2D eigenvalue weighted by atomic mass is 10.1. The number of hydrogen-bond donors (Lipinski definition) is 0. The molecule has 132 valence electrons. The molecule has 0 bridgehead atoms. The molecule has 0 N–H and O–H groups in total. The van der Waals surface area contributed by atoms with Gasteiger partial charge in [-0.3, -0.25) is 0 Å². The maximum Gasteiger partial charge on any atom is 0.343 e. The minimum absolute atomic E-state index is 0.0384. The second-order valence-electron chi connectivity index (χ2n) is 5.38. The van der Waals surface area contributed by atoms with E-state index >= 15 is 0 Å². The monoisotopic (exact) mass is 358 g/mol. The zero-order valence-corrected chi connectivity index (χ0v) is 13.5. The van der Waals surface area contributed by atoms with Crippen molar-refractivity contribution < 1.29 is 27.4 Å². The van der Waals surface area contributed by atoms with E-state index in [1.807, 2.05) is 0 Å². The van der Waals surface area contributed by atoms with E-state index in [-0.39, 0.29) is 29.1 Å². The summed E-state index contributed by atoms with van der Waals surface area (Å²) < 4.78 is 51.2. The van der Waals surface area contributed by atoms with Gasteiger partial charge in [-0.15, -0.1) is 0 Å². The van der Waals surface area contributed by atoms with Crippen molar-refractivity contribution in [1.29, 1.82) is 0 Å². The highest BCUT2D eigenvalue weighted by Gasteiger charge is 2.15. The molecule has 0 aliphatic heterocycles. The average molecular weight is 358 g/mol. The number of halogens is 3. The molecule has 26 heavy (non-hydrogen) atoms. The molecule has 3 rings (SSSR count). The van der Waals surface area contributed by atoms with Crippen LogP contribution in [0.5, 0.6) is 11.5 Å². The van der Waals surface area contributed by atoms with E-state index in [0.717, 1.165) is 12.1 Å². The SMILES string of the molecule is C=CCOc1ccc(OC(=O)c2ccc3c(F)c(F)ccc3c2)c(F)c1. The lowest BCUT2D eigenvalue weighted by Crippen LogP contribution is -2.09. The molecular weight excluding hydrogens is 345 g/mol. The Kier molecular flexibility index (Phi) is 4.93. The maximum atomic E-state index is 14.0. The summed E-state index contributed by atoms with van der Waals surface area (Å²) in [4.78, 5) is 12.2. The number of carbonyl (C=O) groups excluding carboxylic acids is 1. The second-order valence-corrected chi connectivity index (χ2v) is 5.38. The van der Waals surface area contributed by atoms with E-state index in [1.54, 1.807) is 0 Å². The number of fused-ring (bicyclic) bond motifs is 1. The van der Waals surface area contributed by atoms with Gasteiger partial charge in [0.25, 0.3) is 0 Å². The van der Waals surface area contributed by atoms with Crippen LogP contribution in [0, 0.1) is 17.5 Å². The fourth-order valence-corrected chi connectivity index (χ4v) is 2.36. The number of carbonyl (C=O) groups is 1. The molecule has 0 saturated carbocycles. The Morgan fingerprint density at radius 3 is 2.54 bits per heavy atom. The lowest BCUT2D eigenvalue weighted by molar-refractivity contribution is 0.0727. The van der Waals surface area contributed by atoms with Crippen LogP contribution in [-0.2, 0) is 0 Å². The van der Waals surface area contributed by atoms with Gasteiger partial charge in [0.1, 0.15) is 12.4 Å². The third kappa shape index (κ3) is 3.54. The maximum absolute atomic E-state index is 14.0. The first-order chi connectivity index (χ1) is 12.5. The Morgan fingerprint density at radius 1 is 1.00 bits per heavy atom. The van der Waals surface area contributed by atoms with Crippen LogP contribution in [0.15, 0.2) is 61.2 Å². The first-order valence-corrected chi connectivity index (χ1v) is 7.63. The van der Waals surface area contributed by atoms with Crippen LogP contribution in [0.4, 0.5) is 13.2 Å². The van der Waals surface area contributed by atoms with Gasteiger partial charge in [-0.2, -0.15) is 0 Å². The minimum Gasteiger partial charge on any atom is -0.489 e. The third-order valence-corrected chi connectivity index (χ3v) is 3.62. The normalized spacial score (nSPS) is 10.6. The van der Waals surface area contributed by atoms with Gasteiger partial charge >= 0.3 is 5.97 Å². The van der Waals surface area contributed by atoms with Crippen molar-refractivity contribution in [2.45, 2.75) is 0 Å². The van der Waals surface area contributed by atoms with Gasteiger partial charge in [0.05, 0.1) is 5.56 Å². The van der Waals surface area contributed by atoms with E-state index in [4.69, 9.17) is 9.47 Å². The Morgan fingerprint density at radius 2 is 1.81 bits per heavy atom. The van der Waals surface area contributed by atoms with Crippen LogP contribution in [0.25, 0.3) is 10.8 Å². The molecule has 3 nitrogen and oxygen atoms in total. The Bertz CT molecular complexity index is 999. The minimum atomic E-state index is -0.997. The summed E-state index contributed by atoms with van der Waals surface area (Å²) in [6.45, 7) is 3.70. The molecule has 6 heteroatoms. The predicted octanol–water partition coefficient (Wildman–Crippen LogP) is 5.04. The summed E-state index contributed by atoms with van der Waals surface area (Å²) in [6, 6.07) is 10.0. The first-order valence-electron chi connectivity index (χ1n) is 7.63. The summed E-state index contributed by atoms with van der Waals surface area (Å²) in [6.07, 6.45) is 1.51. The number of esters is 1. The predicted molar refractivity (Wildman–Crippen MR) is 90.9 cm³/mol. The van der Waals surface area contributed by atoms with E-state index in [9.17, 15) is 18.0 Å². The highest BCUT2D eigenvalue weighted by molar-refractivity contribution is 5.96. The van der Waals surface area contributed by atoms with E-state index < -0.39 is 23.4 Å². The zero-order chi connectivity index (χ0) is 18.7. The van der Waals surface area contributed by atoms with Crippen LogP contribution in [0.1, 0.15) is 10.4 Å². The van der Waals surface area contributed by atoms with E-state index in [2.05, 4.69) is 6.58 Å². The molecular formula is C20H13F3O3. The van der Waals surface area contributed by atoms with Gasteiger partial charge in [0, 0.05) is 11.5 Å². The van der Waals surface area contributed by atoms with Gasteiger partial charge < -0.3 is 9.47 Å². The molecule has 0 aliphatic carbocycles. The fourth-order valence-electron chi connectivity index (χ4n) is 2.36. The van der Waals surface area contributed by atoms with Crippen LogP contribution in [-0.4, -0.2) is 12.6 Å². The summed E-state index contributed by atoms with van der Waals surface area (Å²) in [5.41, 5.74) is 0.0786. The molecule has 0 heterocycles. The van der Waals surface area contributed by atoms with Crippen LogP contribution < -0.4 is 9.47 Å². The summed E-state index contributed by atoms with van der Waals surface area (Å²) in [7, 11) is 0. The van der Waals surface area contributed by atoms with Gasteiger partial charge in [0.2, 0.25) is 0 Å². The summed E-state index contributed by atoms with van der Waals surface area (Å²) in [5, 5.41) is 0.364. The largest absolute Gasteiger partial charge is 0.489 e. The summed E-state index contributed by atoms with van der Waals surface area (Å²) in [5.74, 6) is -3.57. The summed E-state index contributed by atoms with van der Waals surface area (Å²) >= 11 is 0. The number of rotatable bonds is 5. The molecule has 0 amide bonds. The van der Waals surface area contributed by atoms with Crippen molar-refractivity contribution in [2.75, 3.05) is 6.61 Å². The molecule has 0 aromatic heterocycles. The fraction of sp³-hybridized carbons (Fsp3) is 0.0500. The van der Waals surface area contributed by atoms with Crippen molar-refractivity contribution in [3.05, 3.63) is 84.2 Å². The topological polar surface area (TPSA) is 35.5 Å². The molecule has 0 fully saturated rings. The van der Waals surface area contributed by atoms with Gasteiger partial charge in [-0.1, -0.05) is 24.8 Å². The molecule has 0 radical (unpaired) electrons.